The first-order chi connectivity index (χ1) is 17.3. The summed E-state index contributed by atoms with van der Waals surface area (Å²) in [4.78, 5) is 28.2. The Kier molecular flexibility index (Phi) is 6.87. The number of aliphatic hydroxyl groups is 1. The number of aliphatic hydroxyl groups excluding tert-OH is 1. The van der Waals surface area contributed by atoms with Crippen LogP contribution in [0.5, 0.6) is 23.0 Å². The standard InChI is InChI=1S/C28H27NO7/c1-16-7-6-8-19(13-16)29-24(18-14-21(34-3)27(36-5)22(15-18)35-4)23(26(31)28(29)32)25(30)17-9-11-20(33-2)12-10-17/h6-15,24,30H,1-5H3/b25-23+. The third-order valence-corrected chi connectivity index (χ3v) is 6.09. The molecule has 0 aromatic heterocycles. The van der Waals surface area contributed by atoms with Crippen molar-refractivity contribution < 1.29 is 33.6 Å². The van der Waals surface area contributed by atoms with E-state index in [0.29, 0.717) is 39.8 Å². The number of carbonyl (C=O) groups excluding carboxylic acids is 2. The molecule has 3 aromatic rings. The lowest BCUT2D eigenvalue weighted by Crippen LogP contribution is -2.29. The third kappa shape index (κ3) is 4.22. The van der Waals surface area contributed by atoms with Gasteiger partial charge in [-0.2, -0.15) is 0 Å². The second kappa shape index (κ2) is 10.0. The molecule has 0 saturated carbocycles. The van der Waals surface area contributed by atoms with E-state index in [4.69, 9.17) is 18.9 Å². The van der Waals surface area contributed by atoms with Crippen molar-refractivity contribution in [1.29, 1.82) is 0 Å². The van der Waals surface area contributed by atoms with Crippen molar-refractivity contribution in [3.8, 4) is 23.0 Å². The molecule has 1 unspecified atom stereocenters. The third-order valence-electron chi connectivity index (χ3n) is 6.09. The number of anilines is 1. The smallest absolute Gasteiger partial charge is 0.300 e. The minimum absolute atomic E-state index is 0.0547. The number of hydrogen-bond donors (Lipinski definition) is 1. The lowest BCUT2D eigenvalue weighted by molar-refractivity contribution is -0.132. The molecule has 4 rings (SSSR count). The van der Waals surface area contributed by atoms with E-state index in [0.717, 1.165) is 5.56 Å². The predicted molar refractivity (Wildman–Crippen MR) is 135 cm³/mol. The van der Waals surface area contributed by atoms with E-state index in [1.54, 1.807) is 48.5 Å². The molecular formula is C28H27NO7. The van der Waals surface area contributed by atoms with E-state index in [-0.39, 0.29) is 11.3 Å². The average Bonchev–Trinajstić information content (AvgIpc) is 3.17. The van der Waals surface area contributed by atoms with E-state index >= 15 is 0 Å². The van der Waals surface area contributed by atoms with Crippen LogP contribution in [0.3, 0.4) is 0 Å². The van der Waals surface area contributed by atoms with E-state index in [9.17, 15) is 14.7 Å². The van der Waals surface area contributed by atoms with Gasteiger partial charge in [0.25, 0.3) is 11.7 Å². The normalized spacial score (nSPS) is 16.7. The largest absolute Gasteiger partial charge is 0.507 e. The summed E-state index contributed by atoms with van der Waals surface area (Å²) in [5, 5.41) is 11.3. The fourth-order valence-electron chi connectivity index (χ4n) is 4.36. The first kappa shape index (κ1) is 24.7. The Labute approximate surface area is 209 Å². The van der Waals surface area contributed by atoms with Crippen LogP contribution >= 0.6 is 0 Å². The van der Waals surface area contributed by atoms with Gasteiger partial charge in [-0.25, -0.2) is 0 Å². The van der Waals surface area contributed by atoms with Gasteiger partial charge in [0, 0.05) is 11.3 Å². The lowest BCUT2D eigenvalue weighted by atomic mass is 9.94. The van der Waals surface area contributed by atoms with Crippen LogP contribution < -0.4 is 23.8 Å². The number of rotatable bonds is 7. The molecule has 8 nitrogen and oxygen atoms in total. The number of amides is 1. The highest BCUT2D eigenvalue weighted by Gasteiger charge is 2.47. The maximum Gasteiger partial charge on any atom is 0.300 e. The van der Waals surface area contributed by atoms with Gasteiger partial charge in [-0.1, -0.05) is 12.1 Å². The van der Waals surface area contributed by atoms with Crippen molar-refractivity contribution in [3.63, 3.8) is 0 Å². The van der Waals surface area contributed by atoms with Gasteiger partial charge in [-0.15, -0.1) is 0 Å². The maximum absolute atomic E-state index is 13.4. The molecule has 1 fully saturated rings. The number of nitrogens with zero attached hydrogens (tertiary/aromatic N) is 1. The molecule has 186 valence electrons. The summed E-state index contributed by atoms with van der Waals surface area (Å²) >= 11 is 0. The molecule has 0 spiro atoms. The molecule has 0 aliphatic carbocycles. The molecule has 1 heterocycles. The Morgan fingerprint density at radius 3 is 2.00 bits per heavy atom. The van der Waals surface area contributed by atoms with Crippen molar-refractivity contribution in [2.24, 2.45) is 0 Å². The Morgan fingerprint density at radius 2 is 1.47 bits per heavy atom. The molecule has 1 N–H and O–H groups in total. The fourth-order valence-corrected chi connectivity index (χ4v) is 4.36. The minimum atomic E-state index is -0.956. The number of aryl methyl sites for hydroxylation is 1. The van der Waals surface area contributed by atoms with Crippen molar-refractivity contribution in [1.82, 2.24) is 0 Å². The van der Waals surface area contributed by atoms with Gasteiger partial charge in [0.1, 0.15) is 11.5 Å². The van der Waals surface area contributed by atoms with Crippen LogP contribution in [0.4, 0.5) is 5.69 Å². The van der Waals surface area contributed by atoms with Crippen LogP contribution in [0, 0.1) is 6.92 Å². The second-order valence-corrected chi connectivity index (χ2v) is 8.20. The van der Waals surface area contributed by atoms with Crippen molar-refractivity contribution in [3.05, 3.63) is 82.9 Å². The number of Topliss-reactive ketones (excluding diaryl/α,β-unsaturated/α-hetero) is 1. The first-order valence-electron chi connectivity index (χ1n) is 11.2. The molecule has 0 bridgehead atoms. The quantitative estimate of drug-likeness (QED) is 0.293. The summed E-state index contributed by atoms with van der Waals surface area (Å²) in [6.45, 7) is 1.89. The Hall–Kier alpha value is -4.46. The Bertz CT molecular complexity index is 1320. The van der Waals surface area contributed by atoms with Crippen LogP contribution in [0.1, 0.15) is 22.7 Å². The van der Waals surface area contributed by atoms with Gasteiger partial charge in [-0.3, -0.25) is 14.5 Å². The molecule has 36 heavy (non-hydrogen) atoms. The fraction of sp³-hybridized carbons (Fsp3) is 0.214. The Balaban J connectivity index is 2.00. The van der Waals surface area contributed by atoms with Gasteiger partial charge in [0.15, 0.2) is 11.5 Å². The molecule has 1 saturated heterocycles. The highest BCUT2D eigenvalue weighted by molar-refractivity contribution is 6.51. The van der Waals surface area contributed by atoms with Crippen molar-refractivity contribution >= 4 is 23.1 Å². The highest BCUT2D eigenvalue weighted by Crippen LogP contribution is 2.47. The molecule has 1 atom stereocenters. The lowest BCUT2D eigenvalue weighted by Gasteiger charge is -2.27. The number of methoxy groups -OCH3 is 4. The monoisotopic (exact) mass is 489 g/mol. The molecule has 1 amide bonds. The molecular weight excluding hydrogens is 462 g/mol. The predicted octanol–water partition coefficient (Wildman–Crippen LogP) is 4.66. The van der Waals surface area contributed by atoms with Crippen molar-refractivity contribution in [2.75, 3.05) is 33.3 Å². The van der Waals surface area contributed by atoms with Crippen LogP contribution in [-0.4, -0.2) is 45.2 Å². The summed E-state index contributed by atoms with van der Waals surface area (Å²) in [5.41, 5.74) is 2.24. The van der Waals surface area contributed by atoms with E-state index in [1.807, 2.05) is 19.1 Å². The second-order valence-electron chi connectivity index (χ2n) is 8.20. The van der Waals surface area contributed by atoms with Gasteiger partial charge in [0.2, 0.25) is 5.75 Å². The molecule has 1 aliphatic rings. The van der Waals surface area contributed by atoms with E-state index in [1.165, 1.54) is 33.3 Å². The molecule has 0 radical (unpaired) electrons. The number of ether oxygens (including phenoxy) is 4. The van der Waals surface area contributed by atoms with Crippen LogP contribution in [-0.2, 0) is 9.59 Å². The summed E-state index contributed by atoms with van der Waals surface area (Å²) in [6.07, 6.45) is 0. The zero-order valence-electron chi connectivity index (χ0n) is 20.7. The summed E-state index contributed by atoms with van der Waals surface area (Å²) in [6, 6.07) is 16.2. The number of ketones is 1. The summed E-state index contributed by atoms with van der Waals surface area (Å²) in [7, 11) is 5.99. The average molecular weight is 490 g/mol. The van der Waals surface area contributed by atoms with Gasteiger partial charge in [-0.05, 0) is 66.6 Å². The van der Waals surface area contributed by atoms with Gasteiger partial charge < -0.3 is 24.1 Å². The zero-order chi connectivity index (χ0) is 26.0. The van der Waals surface area contributed by atoms with Crippen LogP contribution in [0.2, 0.25) is 0 Å². The molecule has 3 aromatic carbocycles. The molecule has 1 aliphatic heterocycles. The van der Waals surface area contributed by atoms with Gasteiger partial charge in [0.05, 0.1) is 40.1 Å². The van der Waals surface area contributed by atoms with E-state index < -0.39 is 17.7 Å². The van der Waals surface area contributed by atoms with Crippen LogP contribution in [0.15, 0.2) is 66.2 Å². The SMILES string of the molecule is COc1ccc(/C(O)=C2\C(=O)C(=O)N(c3cccc(C)c3)C2c2cc(OC)c(OC)c(OC)c2)cc1. The van der Waals surface area contributed by atoms with Crippen molar-refractivity contribution in [2.45, 2.75) is 13.0 Å². The Morgan fingerprint density at radius 1 is 0.833 bits per heavy atom. The van der Waals surface area contributed by atoms with Crippen LogP contribution in [0.25, 0.3) is 5.76 Å². The number of carbonyl (C=O) groups is 2. The number of hydrogen-bond acceptors (Lipinski definition) is 7. The summed E-state index contributed by atoms with van der Waals surface area (Å²) < 4.78 is 21.7. The maximum atomic E-state index is 13.4. The highest BCUT2D eigenvalue weighted by atomic mass is 16.5. The summed E-state index contributed by atoms with van der Waals surface area (Å²) in [5.74, 6) is -0.195. The van der Waals surface area contributed by atoms with E-state index in [2.05, 4.69) is 0 Å². The molecule has 8 heteroatoms. The topological polar surface area (TPSA) is 94.5 Å². The zero-order valence-corrected chi connectivity index (χ0v) is 20.7. The number of benzene rings is 3. The minimum Gasteiger partial charge on any atom is -0.507 e. The first-order valence-corrected chi connectivity index (χ1v) is 11.2. The van der Waals surface area contributed by atoms with Gasteiger partial charge >= 0.3 is 0 Å².